The number of hydrogen-bond acceptors (Lipinski definition) is 3. The molecule has 0 aliphatic carbocycles. The Hall–Kier alpha value is -1.72. The van der Waals surface area contributed by atoms with E-state index < -0.39 is 17.4 Å². The van der Waals surface area contributed by atoms with E-state index in [1.165, 1.54) is 6.07 Å². The lowest BCUT2D eigenvalue weighted by atomic mass is 9.97. The molecular weight excluding hydrogens is 316 g/mol. The Kier molecular flexibility index (Phi) is 5.08. The second-order valence-corrected chi connectivity index (χ2v) is 6.72. The van der Waals surface area contributed by atoms with Crippen molar-refractivity contribution >= 4 is 17.5 Å². The van der Waals surface area contributed by atoms with Crippen LogP contribution in [0, 0.1) is 11.6 Å². The van der Waals surface area contributed by atoms with Gasteiger partial charge in [-0.15, -0.1) is 0 Å². The van der Waals surface area contributed by atoms with Crippen molar-refractivity contribution in [1.29, 1.82) is 0 Å². The molecule has 120 valence electrons. The third kappa shape index (κ3) is 3.79. The second-order valence-electron chi connectivity index (χ2n) is 5.50. The summed E-state index contributed by atoms with van der Waals surface area (Å²) in [5.74, 6) is 0.271. The van der Waals surface area contributed by atoms with Crippen LogP contribution in [0.4, 0.5) is 8.78 Å². The average Bonchev–Trinajstić information content (AvgIpc) is 2.56. The molecule has 0 amide bonds. The number of ketones is 1. The quantitative estimate of drug-likeness (QED) is 0.795. The molecule has 0 bridgehead atoms. The van der Waals surface area contributed by atoms with E-state index >= 15 is 0 Å². The highest BCUT2D eigenvalue weighted by Crippen LogP contribution is 2.20. The van der Waals surface area contributed by atoms with Crippen LogP contribution in [0.5, 0.6) is 0 Å². The molecule has 0 aromatic heterocycles. The van der Waals surface area contributed by atoms with Gasteiger partial charge < -0.3 is 0 Å². The fourth-order valence-electron chi connectivity index (χ4n) is 2.70. The standard InChI is InChI=1S/C18H17F2NOS/c19-14-5-6-16(17(20)11-14)18(22)15-4-2-1-3-13(15)12-21-7-9-23-10-8-21/h1-6,11H,7-10,12H2. The monoisotopic (exact) mass is 333 g/mol. The molecule has 0 radical (unpaired) electrons. The average molecular weight is 333 g/mol. The summed E-state index contributed by atoms with van der Waals surface area (Å²) < 4.78 is 26.9. The minimum Gasteiger partial charge on any atom is -0.297 e. The maximum Gasteiger partial charge on any atom is 0.196 e. The van der Waals surface area contributed by atoms with Gasteiger partial charge in [0.1, 0.15) is 11.6 Å². The number of benzene rings is 2. The van der Waals surface area contributed by atoms with E-state index in [1.54, 1.807) is 12.1 Å². The smallest absolute Gasteiger partial charge is 0.196 e. The largest absolute Gasteiger partial charge is 0.297 e. The molecule has 1 fully saturated rings. The van der Waals surface area contributed by atoms with Gasteiger partial charge in [-0.05, 0) is 17.7 Å². The highest BCUT2D eigenvalue weighted by atomic mass is 32.2. The summed E-state index contributed by atoms with van der Waals surface area (Å²) in [6.45, 7) is 2.64. The first-order valence-corrected chi connectivity index (χ1v) is 8.68. The molecule has 1 aliphatic heterocycles. The minimum absolute atomic E-state index is 0.0898. The third-order valence-electron chi connectivity index (χ3n) is 3.94. The van der Waals surface area contributed by atoms with Crippen LogP contribution >= 0.6 is 11.8 Å². The zero-order valence-electron chi connectivity index (χ0n) is 12.6. The molecule has 2 nitrogen and oxygen atoms in total. The van der Waals surface area contributed by atoms with Crippen molar-refractivity contribution in [3.05, 3.63) is 70.8 Å². The van der Waals surface area contributed by atoms with Crippen molar-refractivity contribution in [2.24, 2.45) is 0 Å². The Balaban J connectivity index is 1.88. The van der Waals surface area contributed by atoms with Crippen LogP contribution in [0.1, 0.15) is 21.5 Å². The lowest BCUT2D eigenvalue weighted by Crippen LogP contribution is -2.32. The van der Waals surface area contributed by atoms with Gasteiger partial charge in [-0.1, -0.05) is 24.3 Å². The van der Waals surface area contributed by atoms with Crippen LogP contribution in [-0.4, -0.2) is 35.3 Å². The van der Waals surface area contributed by atoms with Gasteiger partial charge in [-0.2, -0.15) is 11.8 Å². The summed E-state index contributed by atoms with van der Waals surface area (Å²) in [4.78, 5) is 15.0. The Labute approximate surface area is 138 Å². The maximum atomic E-state index is 13.9. The van der Waals surface area contributed by atoms with Crippen LogP contribution in [0.3, 0.4) is 0 Å². The van der Waals surface area contributed by atoms with E-state index in [2.05, 4.69) is 4.90 Å². The van der Waals surface area contributed by atoms with Crippen LogP contribution in [0.2, 0.25) is 0 Å². The Morgan fingerprint density at radius 1 is 1.04 bits per heavy atom. The predicted octanol–water partition coefficient (Wildman–Crippen LogP) is 3.74. The van der Waals surface area contributed by atoms with Crippen LogP contribution in [0.25, 0.3) is 0 Å². The number of carbonyl (C=O) groups excluding carboxylic acids is 1. The Morgan fingerprint density at radius 3 is 2.52 bits per heavy atom. The summed E-state index contributed by atoms with van der Waals surface area (Å²) in [5.41, 5.74) is 1.28. The van der Waals surface area contributed by atoms with E-state index in [0.29, 0.717) is 12.1 Å². The zero-order chi connectivity index (χ0) is 16.2. The van der Waals surface area contributed by atoms with Crippen LogP contribution < -0.4 is 0 Å². The number of hydrogen-bond donors (Lipinski definition) is 0. The van der Waals surface area contributed by atoms with Gasteiger partial charge in [0.05, 0.1) is 5.56 Å². The van der Waals surface area contributed by atoms with E-state index in [1.807, 2.05) is 23.9 Å². The van der Waals surface area contributed by atoms with Gasteiger partial charge in [-0.25, -0.2) is 8.78 Å². The Morgan fingerprint density at radius 2 is 1.78 bits per heavy atom. The lowest BCUT2D eigenvalue weighted by molar-refractivity contribution is 0.103. The van der Waals surface area contributed by atoms with Gasteiger partial charge in [0.2, 0.25) is 0 Å². The summed E-state index contributed by atoms with van der Waals surface area (Å²) in [6.07, 6.45) is 0. The summed E-state index contributed by atoms with van der Waals surface area (Å²) in [5, 5.41) is 0. The first-order chi connectivity index (χ1) is 11.1. The lowest BCUT2D eigenvalue weighted by Gasteiger charge is -2.26. The molecular formula is C18H17F2NOS. The van der Waals surface area contributed by atoms with Crippen molar-refractivity contribution in [3.63, 3.8) is 0 Å². The van der Waals surface area contributed by atoms with Crippen LogP contribution in [0.15, 0.2) is 42.5 Å². The molecule has 5 heteroatoms. The first kappa shape index (κ1) is 16.1. The molecule has 0 atom stereocenters. The van der Waals surface area contributed by atoms with Crippen molar-refractivity contribution in [3.8, 4) is 0 Å². The summed E-state index contributed by atoms with van der Waals surface area (Å²) in [7, 11) is 0. The van der Waals surface area contributed by atoms with E-state index in [9.17, 15) is 13.6 Å². The molecule has 1 heterocycles. The van der Waals surface area contributed by atoms with Crippen molar-refractivity contribution in [2.45, 2.75) is 6.54 Å². The second kappa shape index (κ2) is 7.23. The molecule has 1 aliphatic rings. The van der Waals surface area contributed by atoms with Crippen molar-refractivity contribution in [2.75, 3.05) is 24.6 Å². The SMILES string of the molecule is O=C(c1ccc(F)cc1F)c1ccccc1CN1CCSCC1. The number of carbonyl (C=O) groups is 1. The summed E-state index contributed by atoms with van der Waals surface area (Å²) >= 11 is 1.93. The van der Waals surface area contributed by atoms with Crippen LogP contribution in [-0.2, 0) is 6.54 Å². The highest BCUT2D eigenvalue weighted by Gasteiger charge is 2.19. The Bertz CT molecular complexity index is 714. The molecule has 23 heavy (non-hydrogen) atoms. The predicted molar refractivity (Wildman–Crippen MR) is 88.8 cm³/mol. The normalized spacial score (nSPS) is 15.6. The van der Waals surface area contributed by atoms with Crippen molar-refractivity contribution < 1.29 is 13.6 Å². The van der Waals surface area contributed by atoms with Gasteiger partial charge in [0.15, 0.2) is 5.78 Å². The number of nitrogens with zero attached hydrogens (tertiary/aromatic N) is 1. The van der Waals surface area contributed by atoms with Gasteiger partial charge in [-0.3, -0.25) is 9.69 Å². The highest BCUT2D eigenvalue weighted by molar-refractivity contribution is 7.99. The first-order valence-electron chi connectivity index (χ1n) is 7.53. The molecule has 0 spiro atoms. The van der Waals surface area contributed by atoms with Crippen molar-refractivity contribution in [1.82, 2.24) is 4.90 Å². The van der Waals surface area contributed by atoms with E-state index in [-0.39, 0.29) is 5.56 Å². The third-order valence-corrected chi connectivity index (χ3v) is 4.88. The zero-order valence-corrected chi connectivity index (χ0v) is 13.4. The molecule has 1 saturated heterocycles. The maximum absolute atomic E-state index is 13.9. The number of halogens is 2. The molecule has 2 aromatic rings. The molecule has 0 N–H and O–H groups in total. The van der Waals surface area contributed by atoms with E-state index in [4.69, 9.17) is 0 Å². The van der Waals surface area contributed by atoms with E-state index in [0.717, 1.165) is 42.3 Å². The van der Waals surface area contributed by atoms with Gasteiger partial charge >= 0.3 is 0 Å². The molecule has 0 saturated carbocycles. The van der Waals surface area contributed by atoms with Gasteiger partial charge in [0.25, 0.3) is 0 Å². The number of rotatable bonds is 4. The molecule has 0 unspecified atom stereocenters. The fourth-order valence-corrected chi connectivity index (χ4v) is 3.68. The molecule has 2 aromatic carbocycles. The number of thioether (sulfide) groups is 1. The topological polar surface area (TPSA) is 20.3 Å². The van der Waals surface area contributed by atoms with Gasteiger partial charge in [0, 0.05) is 42.8 Å². The minimum atomic E-state index is -0.820. The fraction of sp³-hybridized carbons (Fsp3) is 0.278. The summed E-state index contributed by atoms with van der Waals surface area (Å²) in [6, 6.07) is 10.3. The molecule has 3 rings (SSSR count).